The van der Waals surface area contributed by atoms with Crippen LogP contribution in [-0.4, -0.2) is 140 Å². The summed E-state index contributed by atoms with van der Waals surface area (Å²) in [4.78, 5) is 0. The van der Waals surface area contributed by atoms with Crippen molar-refractivity contribution in [3.05, 3.63) is 231 Å². The SMILES string of the molecule is CCCC1CCC(c2ccc(C(O)c3ccc(OCCOC)c(F)c3F)cc2)CC1.CCCC1CCC(c2ccc(CO)cc2)CC1.COCCOc1ccc(O)c(F)c1F.COCCOc1ccc(O)c(F)c1F.COCCOc1ccc(O[B]O)c(F)c1F.COCCOc1cccc(F)c1F.Oc1cccc(F)c1F. The van der Waals surface area contributed by atoms with Gasteiger partial charge in [-0.15, -0.1) is 0 Å². The Kier molecular flexibility index (Phi) is 45.8. The Labute approximate surface area is 652 Å². The molecule has 0 aliphatic heterocycles. The number of aromatic hydroxyl groups is 3. The van der Waals surface area contributed by atoms with E-state index in [2.05, 4.69) is 52.2 Å². The van der Waals surface area contributed by atoms with Crippen LogP contribution in [0.1, 0.15) is 137 Å². The Morgan fingerprint density at radius 1 is 0.354 bits per heavy atom. The molecule has 1 atom stereocenters. The van der Waals surface area contributed by atoms with Gasteiger partial charge in [0, 0.05) is 41.1 Å². The molecule has 0 saturated heterocycles. The smallest absolute Gasteiger partial charge is 0.535 e. The summed E-state index contributed by atoms with van der Waals surface area (Å²) >= 11 is 0. The van der Waals surface area contributed by atoms with Crippen molar-refractivity contribution in [2.24, 2.45) is 11.8 Å². The van der Waals surface area contributed by atoms with Crippen molar-refractivity contribution >= 4 is 7.69 Å². The van der Waals surface area contributed by atoms with Gasteiger partial charge in [-0.1, -0.05) is 100 Å². The summed E-state index contributed by atoms with van der Waals surface area (Å²) in [6.45, 7) is 6.82. The molecule has 30 heteroatoms. The number of benzene rings is 8. The second-order valence-electron chi connectivity index (χ2n) is 25.4. The molecule has 2 fully saturated rings. The van der Waals surface area contributed by atoms with Gasteiger partial charge in [-0.05, 0) is 170 Å². The summed E-state index contributed by atoms with van der Waals surface area (Å²) < 4.78 is 209. The van der Waals surface area contributed by atoms with Crippen molar-refractivity contribution in [1.82, 2.24) is 0 Å². The molecule has 8 aromatic carbocycles. The summed E-state index contributed by atoms with van der Waals surface area (Å²) in [5.41, 5.74) is 4.20. The highest BCUT2D eigenvalue weighted by Crippen LogP contribution is 2.40. The Morgan fingerprint density at radius 3 is 1.05 bits per heavy atom. The third-order valence-corrected chi connectivity index (χ3v) is 17.6. The summed E-state index contributed by atoms with van der Waals surface area (Å²) in [6, 6.07) is 32.7. The number of halogens is 12. The van der Waals surface area contributed by atoms with Gasteiger partial charge in [0.05, 0.1) is 39.6 Å². The minimum absolute atomic E-state index is 0.0861. The van der Waals surface area contributed by atoms with Gasteiger partial charge < -0.3 is 82.6 Å². The highest BCUT2D eigenvalue weighted by atomic mass is 19.2. The first-order valence-electron chi connectivity index (χ1n) is 36.4. The van der Waals surface area contributed by atoms with E-state index in [1.54, 1.807) is 0 Å². The Balaban J connectivity index is 0.000000287. The Morgan fingerprint density at radius 2 is 0.681 bits per heavy atom. The minimum atomic E-state index is -1.31. The number of methoxy groups -OCH3 is 5. The number of rotatable bonds is 31. The molecule has 17 nitrogen and oxygen atoms in total. The van der Waals surface area contributed by atoms with Crippen LogP contribution in [0.3, 0.4) is 0 Å². The van der Waals surface area contributed by atoms with Gasteiger partial charge in [-0.25, -0.2) is 13.2 Å². The molecule has 0 amide bonds. The highest BCUT2D eigenvalue weighted by molar-refractivity contribution is 6.17. The number of hydrogen-bond acceptors (Lipinski definition) is 17. The third-order valence-electron chi connectivity index (χ3n) is 17.6. The largest absolute Gasteiger partial charge is 0.569 e. The van der Waals surface area contributed by atoms with Gasteiger partial charge in [0.15, 0.2) is 69.3 Å². The van der Waals surface area contributed by atoms with Crippen molar-refractivity contribution < 1.29 is 135 Å². The van der Waals surface area contributed by atoms with E-state index >= 15 is 0 Å². The van der Waals surface area contributed by atoms with Gasteiger partial charge in [-0.2, -0.15) is 39.5 Å². The van der Waals surface area contributed by atoms with Gasteiger partial charge in [0.1, 0.15) is 44.9 Å². The van der Waals surface area contributed by atoms with Crippen LogP contribution in [0.2, 0.25) is 0 Å². The fourth-order valence-electron chi connectivity index (χ4n) is 11.6. The number of phenolic OH excluding ortho intramolecular Hbond substituents is 3. The predicted molar refractivity (Wildman–Crippen MR) is 401 cm³/mol. The molecule has 0 aromatic heterocycles. The molecule has 0 bridgehead atoms. The molecule has 2 aliphatic carbocycles. The first kappa shape index (κ1) is 96.2. The lowest BCUT2D eigenvalue weighted by molar-refractivity contribution is 0.143. The number of phenols is 3. The van der Waals surface area contributed by atoms with Crippen molar-refractivity contribution in [3.63, 3.8) is 0 Å². The molecular weight excluding hydrogens is 1510 g/mol. The maximum absolute atomic E-state index is 14.5. The molecule has 6 N–H and O–H groups in total. The average Bonchev–Trinajstić information content (AvgIpc) is 0.803. The zero-order valence-corrected chi connectivity index (χ0v) is 64.1. The Hall–Kier alpha value is -9.14. The van der Waals surface area contributed by atoms with Crippen LogP contribution < -0.4 is 28.3 Å². The van der Waals surface area contributed by atoms with Crippen LogP contribution >= 0.6 is 0 Å². The van der Waals surface area contributed by atoms with Crippen LogP contribution in [0.25, 0.3) is 0 Å². The van der Waals surface area contributed by atoms with Crippen LogP contribution in [0.15, 0.2) is 133 Å². The van der Waals surface area contributed by atoms with Crippen molar-refractivity contribution in [2.75, 3.05) is 102 Å². The molecular formula is C83H100BF12O17. The number of aliphatic hydroxyl groups excluding tert-OH is 2. The second kappa shape index (κ2) is 53.8. The first-order chi connectivity index (χ1) is 54.4. The van der Waals surface area contributed by atoms with E-state index in [4.69, 9.17) is 63.3 Å². The van der Waals surface area contributed by atoms with Crippen LogP contribution in [0.4, 0.5) is 52.7 Å². The second-order valence-corrected chi connectivity index (χ2v) is 25.4. The number of hydrogen-bond donors (Lipinski definition) is 6. The van der Waals surface area contributed by atoms with E-state index in [-0.39, 0.29) is 108 Å². The van der Waals surface area contributed by atoms with Gasteiger partial charge in [0.25, 0.3) is 0 Å². The molecule has 0 heterocycles. The van der Waals surface area contributed by atoms with Crippen LogP contribution in [0, 0.1) is 81.6 Å². The predicted octanol–water partition coefficient (Wildman–Crippen LogP) is 18.3. The number of aliphatic hydroxyl groups is 2. The Bertz CT molecular complexity index is 3910. The molecule has 10 rings (SSSR count). The summed E-state index contributed by atoms with van der Waals surface area (Å²) in [7, 11) is 7.68. The van der Waals surface area contributed by atoms with E-state index in [9.17, 15) is 57.8 Å². The van der Waals surface area contributed by atoms with Gasteiger partial charge >= 0.3 is 7.69 Å². The fourth-order valence-corrected chi connectivity index (χ4v) is 11.6. The molecule has 1 radical (unpaired) electrons. The van der Waals surface area contributed by atoms with E-state index in [1.165, 1.54) is 160 Å². The molecule has 2 saturated carbocycles. The minimum Gasteiger partial charge on any atom is -0.535 e. The maximum atomic E-state index is 14.5. The van der Waals surface area contributed by atoms with Crippen LogP contribution in [-0.2, 0) is 30.3 Å². The average molecular weight is 1610 g/mol. The lowest BCUT2D eigenvalue weighted by Crippen LogP contribution is -2.13. The number of ether oxygens (including phenoxy) is 10. The highest BCUT2D eigenvalue weighted by Gasteiger charge is 2.26. The lowest BCUT2D eigenvalue weighted by Gasteiger charge is -2.28. The summed E-state index contributed by atoms with van der Waals surface area (Å²) in [5, 5.41) is 54.0. The van der Waals surface area contributed by atoms with Crippen molar-refractivity contribution in [3.8, 4) is 51.7 Å². The molecule has 2 aliphatic rings. The monoisotopic (exact) mass is 1610 g/mol. The van der Waals surface area contributed by atoms with Gasteiger partial charge in [0.2, 0.25) is 46.5 Å². The van der Waals surface area contributed by atoms with Gasteiger partial charge in [-0.3, -0.25) is 0 Å². The van der Waals surface area contributed by atoms with Crippen molar-refractivity contribution in [1.29, 1.82) is 0 Å². The standard InChI is InChI=1S/C25H32F2O3.C16H24O.C9H10BF2O4.2C9H10F2O3.C9H10F2O2.C6H4F2O/c1-3-4-17-5-7-18(8-6-17)19-9-11-20(12-10-19)25(28)21-13-14-22(24(27)23(21)26)30-16-15-29-2;1-2-3-13-4-8-15(9-5-13)16-10-6-14(12-17)7-11-16;1-14-4-5-15-6-2-3-7(16-10-13)9(12)8(6)11;2*1-13-4-5-14-7-3-2-6(12)8(10)9(7)11;1-12-5-6-13-8-4-2-3-7(10)9(8)11;7-4-2-1-3-5(9)6(4)8/h9-14,17-18,25,28H,3-8,15-16H2,1-2H3;6-7,10-11,13,15,17H,2-5,8-9,12H2,1H3;2-3,13H,4-5H2,1H3;2*2-3,12H,4-5H2,1H3;2-4H,5-6H2,1H3;1-3,9H. The zero-order valence-electron chi connectivity index (χ0n) is 64.1. The zero-order chi connectivity index (χ0) is 83.2. The van der Waals surface area contributed by atoms with E-state index in [0.29, 0.717) is 18.1 Å². The quantitative estimate of drug-likeness (QED) is 0.0135. The summed E-state index contributed by atoms with van der Waals surface area (Å²) in [5.74, 6) is -14.1. The fraction of sp³-hybridized carbons (Fsp3) is 0.422. The third kappa shape index (κ3) is 32.7. The van der Waals surface area contributed by atoms with E-state index in [0.717, 1.165) is 71.8 Å². The molecule has 1 unspecified atom stereocenters. The normalized spacial score (nSPS) is 15.0. The topological polar surface area (TPSA) is 223 Å². The maximum Gasteiger partial charge on any atom is 0.569 e. The van der Waals surface area contributed by atoms with Crippen LogP contribution in [0.5, 0.6) is 51.7 Å². The lowest BCUT2D eigenvalue weighted by atomic mass is 9.77. The molecule has 0 spiro atoms. The van der Waals surface area contributed by atoms with E-state index in [1.807, 2.05) is 24.3 Å². The molecule has 621 valence electrons. The van der Waals surface area contributed by atoms with Crippen molar-refractivity contribution in [2.45, 2.75) is 115 Å². The molecule has 8 aromatic rings. The first-order valence-corrected chi connectivity index (χ1v) is 36.4. The summed E-state index contributed by atoms with van der Waals surface area (Å²) in [6.07, 6.45) is 14.5. The van der Waals surface area contributed by atoms with E-state index < -0.39 is 98.9 Å². The molecule has 113 heavy (non-hydrogen) atoms.